The van der Waals surface area contributed by atoms with Crippen LogP contribution in [0.2, 0.25) is 0 Å². The maximum absolute atomic E-state index is 12.9. The van der Waals surface area contributed by atoms with Crippen LogP contribution in [0.25, 0.3) is 0 Å². The third-order valence-corrected chi connectivity index (χ3v) is 7.85. The SMILES string of the molecule is COC(=O)CCC(=O)CN1CCN(CC(=O)CCC(=O)OC)CCN(CC(=O)NCC(=O)OC(C)(C)C)CCN(CC(=O)CCC(=O)OC)CC1. The van der Waals surface area contributed by atoms with Crippen LogP contribution in [0.1, 0.15) is 59.3 Å². The molecule has 0 aromatic rings. The number of ether oxygens (including phenoxy) is 4. The van der Waals surface area contributed by atoms with Crippen molar-refractivity contribution >= 4 is 47.1 Å². The molecule has 1 aliphatic heterocycles. The molecule has 0 aromatic carbocycles. The van der Waals surface area contributed by atoms with Gasteiger partial charge in [0.05, 0.1) is 66.8 Å². The summed E-state index contributed by atoms with van der Waals surface area (Å²) >= 11 is 0. The quantitative estimate of drug-likeness (QED) is 0.128. The van der Waals surface area contributed by atoms with E-state index >= 15 is 0 Å². The molecule has 1 aliphatic rings. The van der Waals surface area contributed by atoms with Crippen molar-refractivity contribution in [1.29, 1.82) is 0 Å². The Hall–Kier alpha value is -3.80. The van der Waals surface area contributed by atoms with Gasteiger partial charge in [-0.25, -0.2) is 0 Å². The molecule has 0 saturated carbocycles. The van der Waals surface area contributed by atoms with E-state index in [0.717, 1.165) is 0 Å². The molecule has 1 saturated heterocycles. The van der Waals surface area contributed by atoms with Gasteiger partial charge in [-0.05, 0) is 20.8 Å². The van der Waals surface area contributed by atoms with Crippen LogP contribution in [0.5, 0.6) is 0 Å². The molecule has 0 aromatic heterocycles. The average Bonchev–Trinajstić information content (AvgIpc) is 3.07. The Morgan fingerprint density at radius 1 is 0.471 bits per heavy atom. The number of amides is 1. The summed E-state index contributed by atoms with van der Waals surface area (Å²) in [4.78, 5) is 106. The number of carbonyl (C=O) groups excluding carboxylic acids is 8. The summed E-state index contributed by atoms with van der Waals surface area (Å²) in [7, 11) is 3.76. The van der Waals surface area contributed by atoms with Crippen LogP contribution < -0.4 is 5.32 Å². The Morgan fingerprint density at radius 2 is 0.765 bits per heavy atom. The van der Waals surface area contributed by atoms with Gasteiger partial charge < -0.3 is 24.3 Å². The van der Waals surface area contributed by atoms with E-state index in [-0.39, 0.29) is 88.6 Å². The first-order chi connectivity index (χ1) is 24.0. The maximum Gasteiger partial charge on any atom is 0.325 e. The number of hydrogen-bond acceptors (Lipinski definition) is 16. The molecule has 1 heterocycles. The highest BCUT2D eigenvalue weighted by Crippen LogP contribution is 2.07. The van der Waals surface area contributed by atoms with E-state index < -0.39 is 35.4 Å². The lowest BCUT2D eigenvalue weighted by atomic mass is 10.2. The lowest BCUT2D eigenvalue weighted by Gasteiger charge is -2.33. The van der Waals surface area contributed by atoms with E-state index in [4.69, 9.17) is 4.74 Å². The molecule has 17 nitrogen and oxygen atoms in total. The number of nitrogens with zero attached hydrogens (tertiary/aromatic N) is 4. The normalized spacial score (nSPS) is 15.8. The molecule has 0 spiro atoms. The first-order valence-electron chi connectivity index (χ1n) is 17.2. The Balaban J connectivity index is 3.19. The average molecular weight is 728 g/mol. The molecular weight excluding hydrogens is 670 g/mol. The summed E-state index contributed by atoms with van der Waals surface area (Å²) in [5, 5.41) is 2.59. The largest absolute Gasteiger partial charge is 0.469 e. The molecule has 1 amide bonds. The molecule has 290 valence electrons. The van der Waals surface area contributed by atoms with Crippen molar-refractivity contribution in [2.75, 3.05) is 106 Å². The number of ketones is 3. The Morgan fingerprint density at radius 3 is 1.04 bits per heavy atom. The van der Waals surface area contributed by atoms with Crippen LogP contribution in [0.15, 0.2) is 0 Å². The highest BCUT2D eigenvalue weighted by atomic mass is 16.6. The fourth-order valence-corrected chi connectivity index (χ4v) is 5.03. The van der Waals surface area contributed by atoms with Gasteiger partial charge in [-0.1, -0.05) is 0 Å². The predicted molar refractivity (Wildman–Crippen MR) is 183 cm³/mol. The van der Waals surface area contributed by atoms with Gasteiger partial charge in [0.15, 0.2) is 0 Å². The zero-order chi connectivity index (χ0) is 38.4. The number of hydrogen-bond donors (Lipinski definition) is 1. The smallest absolute Gasteiger partial charge is 0.325 e. The molecule has 1 rings (SSSR count). The number of carbonyl (C=O) groups is 8. The summed E-state index contributed by atoms with van der Waals surface area (Å²) < 4.78 is 19.2. The number of nitrogens with one attached hydrogen (secondary N) is 1. The van der Waals surface area contributed by atoms with Crippen molar-refractivity contribution in [3.05, 3.63) is 0 Å². The molecule has 0 radical (unpaired) electrons. The number of esters is 4. The van der Waals surface area contributed by atoms with Crippen LogP contribution >= 0.6 is 0 Å². The fourth-order valence-electron chi connectivity index (χ4n) is 5.03. The standard InChI is InChI=1S/C34H57N5O12/c1-34(2,3)51-33(47)21-35-29(43)25-39-19-17-37(23-27(41)8-11-31(45)49-5)15-13-36(22-26(40)7-10-30(44)48-4)14-16-38(18-20-39)24-28(42)9-12-32(46)50-6/h7-25H2,1-6H3,(H,35,43). The van der Waals surface area contributed by atoms with Gasteiger partial charge in [0.1, 0.15) is 29.5 Å². The zero-order valence-electron chi connectivity index (χ0n) is 31.1. The second-order valence-electron chi connectivity index (χ2n) is 13.3. The number of methoxy groups -OCH3 is 3. The van der Waals surface area contributed by atoms with Crippen LogP contribution in [0, 0.1) is 0 Å². The lowest BCUT2D eigenvalue weighted by molar-refractivity contribution is -0.154. The Bertz CT molecular complexity index is 1140. The maximum atomic E-state index is 12.9. The summed E-state index contributed by atoms with van der Waals surface area (Å²) in [5.41, 5.74) is -0.708. The van der Waals surface area contributed by atoms with E-state index in [1.807, 2.05) is 19.6 Å². The van der Waals surface area contributed by atoms with Crippen LogP contribution in [0.4, 0.5) is 0 Å². The van der Waals surface area contributed by atoms with Crippen molar-refractivity contribution in [2.45, 2.75) is 64.9 Å². The van der Waals surface area contributed by atoms with Crippen molar-refractivity contribution in [3.63, 3.8) is 0 Å². The van der Waals surface area contributed by atoms with E-state index in [1.54, 1.807) is 20.8 Å². The zero-order valence-corrected chi connectivity index (χ0v) is 31.1. The molecule has 0 atom stereocenters. The van der Waals surface area contributed by atoms with Gasteiger partial charge in [-0.3, -0.25) is 58.0 Å². The fraction of sp³-hybridized carbons (Fsp3) is 0.765. The van der Waals surface area contributed by atoms with Crippen molar-refractivity contribution in [3.8, 4) is 0 Å². The van der Waals surface area contributed by atoms with E-state index in [2.05, 4.69) is 19.5 Å². The minimum absolute atomic E-state index is 0.000415. The van der Waals surface area contributed by atoms with E-state index in [1.165, 1.54) is 21.3 Å². The van der Waals surface area contributed by atoms with Gasteiger partial charge >= 0.3 is 23.9 Å². The first kappa shape index (κ1) is 45.2. The Labute approximate surface area is 300 Å². The Kier molecular flexibility index (Phi) is 21.6. The molecule has 1 N–H and O–H groups in total. The van der Waals surface area contributed by atoms with Gasteiger partial charge in [0.25, 0.3) is 0 Å². The second-order valence-corrected chi connectivity index (χ2v) is 13.3. The second kappa shape index (κ2) is 24.4. The minimum atomic E-state index is -0.708. The molecule has 0 unspecified atom stereocenters. The van der Waals surface area contributed by atoms with E-state index in [9.17, 15) is 38.4 Å². The molecule has 0 aliphatic carbocycles. The monoisotopic (exact) mass is 727 g/mol. The summed E-state index contributed by atoms with van der Waals surface area (Å²) in [6, 6.07) is 0. The third-order valence-electron chi connectivity index (χ3n) is 7.85. The minimum Gasteiger partial charge on any atom is -0.469 e. The predicted octanol–water partition coefficient (Wildman–Crippen LogP) is -0.767. The summed E-state index contributed by atoms with van der Waals surface area (Å²) in [6.45, 7) is 7.75. The first-order valence-corrected chi connectivity index (χ1v) is 17.2. The molecule has 1 fully saturated rings. The van der Waals surface area contributed by atoms with E-state index in [0.29, 0.717) is 52.4 Å². The van der Waals surface area contributed by atoms with Gasteiger partial charge in [-0.15, -0.1) is 0 Å². The van der Waals surface area contributed by atoms with Crippen molar-refractivity contribution in [2.24, 2.45) is 0 Å². The van der Waals surface area contributed by atoms with Crippen LogP contribution in [-0.4, -0.2) is 179 Å². The van der Waals surface area contributed by atoms with Crippen molar-refractivity contribution in [1.82, 2.24) is 24.9 Å². The molecule has 0 bridgehead atoms. The highest BCUT2D eigenvalue weighted by Gasteiger charge is 2.23. The van der Waals surface area contributed by atoms with Gasteiger partial charge in [-0.2, -0.15) is 0 Å². The van der Waals surface area contributed by atoms with Crippen molar-refractivity contribution < 1.29 is 57.3 Å². The highest BCUT2D eigenvalue weighted by molar-refractivity contribution is 5.86. The van der Waals surface area contributed by atoms with Crippen LogP contribution in [0.3, 0.4) is 0 Å². The molecular formula is C34H57N5O12. The van der Waals surface area contributed by atoms with Crippen LogP contribution in [-0.2, 0) is 57.3 Å². The van der Waals surface area contributed by atoms with Gasteiger partial charge in [0, 0.05) is 71.6 Å². The third kappa shape index (κ3) is 22.6. The molecule has 51 heavy (non-hydrogen) atoms. The lowest BCUT2D eigenvalue weighted by Crippen LogP contribution is -2.50. The summed E-state index contributed by atoms with van der Waals surface area (Å²) in [6.07, 6.45) is -0.168. The number of Topliss-reactive ketones (excluding diaryl/α,β-unsaturated/α-hetero) is 3. The summed E-state index contributed by atoms with van der Waals surface area (Å²) in [5.74, 6) is -2.99. The molecule has 17 heteroatoms. The number of rotatable bonds is 19. The van der Waals surface area contributed by atoms with Gasteiger partial charge in [0.2, 0.25) is 5.91 Å². The topological polar surface area (TPSA) is 198 Å².